The maximum atomic E-state index is 4.16. The lowest BCUT2D eigenvalue weighted by Gasteiger charge is -2.15. The predicted molar refractivity (Wildman–Crippen MR) is 59.3 cm³/mol. The fraction of sp³-hybridized carbons (Fsp3) is 0.727. The van der Waals surface area contributed by atoms with Crippen molar-refractivity contribution in [2.24, 2.45) is 7.05 Å². The third kappa shape index (κ3) is 3.14. The van der Waals surface area contributed by atoms with Gasteiger partial charge in [0, 0.05) is 25.0 Å². The van der Waals surface area contributed by atoms with Crippen molar-refractivity contribution in [2.45, 2.75) is 39.2 Å². The van der Waals surface area contributed by atoms with Gasteiger partial charge in [-0.3, -0.25) is 4.68 Å². The molecule has 0 saturated carbocycles. The van der Waals surface area contributed by atoms with Gasteiger partial charge in [0.05, 0.1) is 0 Å². The molecule has 3 nitrogen and oxygen atoms in total. The van der Waals surface area contributed by atoms with Crippen molar-refractivity contribution in [1.29, 1.82) is 0 Å². The second-order valence-corrected chi connectivity index (χ2v) is 3.65. The second-order valence-electron chi connectivity index (χ2n) is 3.65. The number of nitrogens with one attached hydrogen (secondary N) is 1. The number of nitrogens with zero attached hydrogens (tertiary/aromatic N) is 2. The van der Waals surface area contributed by atoms with Crippen molar-refractivity contribution < 1.29 is 0 Å². The number of hydrogen-bond acceptors (Lipinski definition) is 2. The molecule has 0 amide bonds. The van der Waals surface area contributed by atoms with E-state index in [4.69, 9.17) is 0 Å². The summed E-state index contributed by atoms with van der Waals surface area (Å²) in [5.41, 5.74) is 1.32. The van der Waals surface area contributed by atoms with Crippen LogP contribution in [0.5, 0.6) is 0 Å². The lowest BCUT2D eigenvalue weighted by atomic mass is 10.1. The Morgan fingerprint density at radius 2 is 2.29 bits per heavy atom. The van der Waals surface area contributed by atoms with Crippen LogP contribution in [0.3, 0.4) is 0 Å². The molecular formula is C11H21N3. The molecule has 0 saturated heterocycles. The first-order valence-electron chi connectivity index (χ1n) is 5.48. The molecule has 1 unspecified atom stereocenters. The van der Waals surface area contributed by atoms with E-state index in [1.807, 2.05) is 17.9 Å². The van der Waals surface area contributed by atoms with Gasteiger partial charge in [0.1, 0.15) is 0 Å². The van der Waals surface area contributed by atoms with Crippen LogP contribution in [0.25, 0.3) is 0 Å². The summed E-state index contributed by atoms with van der Waals surface area (Å²) in [6.45, 7) is 5.45. The van der Waals surface area contributed by atoms with Crippen LogP contribution in [0.15, 0.2) is 12.3 Å². The van der Waals surface area contributed by atoms with Crippen LogP contribution >= 0.6 is 0 Å². The molecule has 0 fully saturated rings. The molecule has 0 aromatic carbocycles. The largest absolute Gasteiger partial charge is 0.314 e. The van der Waals surface area contributed by atoms with Crippen molar-refractivity contribution in [3.63, 3.8) is 0 Å². The molecule has 3 heteroatoms. The van der Waals surface area contributed by atoms with Crippen molar-refractivity contribution in [2.75, 3.05) is 6.54 Å². The monoisotopic (exact) mass is 195 g/mol. The van der Waals surface area contributed by atoms with Gasteiger partial charge in [-0.2, -0.15) is 5.10 Å². The molecule has 0 aliphatic carbocycles. The average molecular weight is 195 g/mol. The molecule has 1 heterocycles. The highest BCUT2D eigenvalue weighted by Gasteiger charge is 2.05. The van der Waals surface area contributed by atoms with Gasteiger partial charge in [0.15, 0.2) is 0 Å². The van der Waals surface area contributed by atoms with E-state index in [1.54, 1.807) is 0 Å². The Labute approximate surface area is 86.5 Å². The zero-order valence-corrected chi connectivity index (χ0v) is 9.45. The van der Waals surface area contributed by atoms with Gasteiger partial charge in [0.25, 0.3) is 0 Å². The highest BCUT2D eigenvalue weighted by molar-refractivity contribution is 5.00. The molecule has 1 rings (SSSR count). The van der Waals surface area contributed by atoms with E-state index >= 15 is 0 Å². The zero-order chi connectivity index (χ0) is 10.4. The second kappa shape index (κ2) is 5.81. The summed E-state index contributed by atoms with van der Waals surface area (Å²) in [7, 11) is 2.00. The number of aryl methyl sites for hydroxylation is 2. The van der Waals surface area contributed by atoms with E-state index in [1.165, 1.54) is 18.5 Å². The number of hydrogen-bond donors (Lipinski definition) is 1. The van der Waals surface area contributed by atoms with Crippen molar-refractivity contribution in [1.82, 2.24) is 15.1 Å². The minimum absolute atomic E-state index is 0.648. The van der Waals surface area contributed by atoms with Crippen molar-refractivity contribution in [3.05, 3.63) is 18.0 Å². The molecule has 0 aliphatic rings. The predicted octanol–water partition coefficient (Wildman–Crippen LogP) is 1.74. The van der Waals surface area contributed by atoms with Gasteiger partial charge in [-0.05, 0) is 31.9 Å². The minimum Gasteiger partial charge on any atom is -0.314 e. The Balaban J connectivity index is 2.35. The maximum Gasteiger partial charge on any atom is 0.0492 e. The SMILES string of the molecule is CCNC(CC)CCc1ccnn1C. The van der Waals surface area contributed by atoms with Gasteiger partial charge in [-0.25, -0.2) is 0 Å². The molecule has 1 aromatic rings. The lowest BCUT2D eigenvalue weighted by Crippen LogP contribution is -2.28. The molecule has 1 atom stereocenters. The molecule has 1 N–H and O–H groups in total. The summed E-state index contributed by atoms with van der Waals surface area (Å²) in [6.07, 6.45) is 5.38. The Kier molecular flexibility index (Phi) is 4.66. The first-order valence-corrected chi connectivity index (χ1v) is 5.48. The molecule has 80 valence electrons. The molecular weight excluding hydrogens is 174 g/mol. The Hall–Kier alpha value is -0.830. The first kappa shape index (κ1) is 11.2. The van der Waals surface area contributed by atoms with Gasteiger partial charge in [0.2, 0.25) is 0 Å². The summed E-state index contributed by atoms with van der Waals surface area (Å²) in [5.74, 6) is 0. The number of rotatable bonds is 6. The molecule has 0 aliphatic heterocycles. The fourth-order valence-corrected chi connectivity index (χ4v) is 1.71. The molecule has 14 heavy (non-hydrogen) atoms. The van der Waals surface area contributed by atoms with E-state index in [2.05, 4.69) is 30.3 Å². The van der Waals surface area contributed by atoms with E-state index in [9.17, 15) is 0 Å². The van der Waals surface area contributed by atoms with Crippen LogP contribution in [-0.4, -0.2) is 22.4 Å². The van der Waals surface area contributed by atoms with Crippen molar-refractivity contribution >= 4 is 0 Å². The van der Waals surface area contributed by atoms with Crippen LogP contribution in [0.4, 0.5) is 0 Å². The van der Waals surface area contributed by atoms with Gasteiger partial charge in [-0.15, -0.1) is 0 Å². The van der Waals surface area contributed by atoms with E-state index in [0.29, 0.717) is 6.04 Å². The molecule has 1 aromatic heterocycles. The Bertz CT molecular complexity index is 255. The van der Waals surface area contributed by atoms with Gasteiger partial charge >= 0.3 is 0 Å². The van der Waals surface area contributed by atoms with Crippen LogP contribution in [0, 0.1) is 0 Å². The summed E-state index contributed by atoms with van der Waals surface area (Å²) in [6, 6.07) is 2.74. The van der Waals surface area contributed by atoms with Crippen LogP contribution in [0.1, 0.15) is 32.4 Å². The Morgan fingerprint density at radius 1 is 1.50 bits per heavy atom. The van der Waals surface area contributed by atoms with Crippen molar-refractivity contribution in [3.8, 4) is 0 Å². The fourth-order valence-electron chi connectivity index (χ4n) is 1.71. The minimum atomic E-state index is 0.648. The van der Waals surface area contributed by atoms with Crippen LogP contribution in [-0.2, 0) is 13.5 Å². The van der Waals surface area contributed by atoms with Gasteiger partial charge < -0.3 is 5.32 Å². The molecule has 0 radical (unpaired) electrons. The Morgan fingerprint density at radius 3 is 2.79 bits per heavy atom. The smallest absolute Gasteiger partial charge is 0.0492 e. The average Bonchev–Trinajstić information content (AvgIpc) is 2.59. The lowest BCUT2D eigenvalue weighted by molar-refractivity contribution is 0.474. The number of aromatic nitrogens is 2. The standard InChI is InChI=1S/C11H21N3/c1-4-10(12-5-2)6-7-11-8-9-13-14(11)3/h8-10,12H,4-7H2,1-3H3. The molecule has 0 bridgehead atoms. The van der Waals surface area contributed by atoms with E-state index < -0.39 is 0 Å². The quantitative estimate of drug-likeness (QED) is 0.749. The van der Waals surface area contributed by atoms with Gasteiger partial charge in [-0.1, -0.05) is 13.8 Å². The topological polar surface area (TPSA) is 29.9 Å². The van der Waals surface area contributed by atoms with E-state index in [-0.39, 0.29) is 0 Å². The third-order valence-electron chi connectivity index (χ3n) is 2.66. The maximum absolute atomic E-state index is 4.16. The summed E-state index contributed by atoms with van der Waals surface area (Å²) in [5, 5.41) is 7.65. The highest BCUT2D eigenvalue weighted by atomic mass is 15.2. The normalized spacial score (nSPS) is 13.1. The summed E-state index contributed by atoms with van der Waals surface area (Å²) in [4.78, 5) is 0. The first-order chi connectivity index (χ1) is 6.77. The summed E-state index contributed by atoms with van der Waals surface area (Å²) < 4.78 is 1.96. The third-order valence-corrected chi connectivity index (χ3v) is 2.66. The van der Waals surface area contributed by atoms with Crippen LogP contribution in [0.2, 0.25) is 0 Å². The van der Waals surface area contributed by atoms with Crippen LogP contribution < -0.4 is 5.32 Å². The summed E-state index contributed by atoms with van der Waals surface area (Å²) >= 11 is 0. The molecule has 0 spiro atoms. The zero-order valence-electron chi connectivity index (χ0n) is 9.45. The highest BCUT2D eigenvalue weighted by Crippen LogP contribution is 2.05. The van der Waals surface area contributed by atoms with E-state index in [0.717, 1.165) is 13.0 Å².